The Labute approximate surface area is 136 Å². The summed E-state index contributed by atoms with van der Waals surface area (Å²) in [7, 11) is 1.92. The minimum Gasteiger partial charge on any atom is -0.456 e. The first-order valence-corrected chi connectivity index (χ1v) is 7.86. The molecule has 6 nitrogen and oxygen atoms in total. The van der Waals surface area contributed by atoms with Gasteiger partial charge in [0.15, 0.2) is 5.76 Å². The van der Waals surface area contributed by atoms with E-state index in [1.54, 1.807) is 0 Å². The van der Waals surface area contributed by atoms with E-state index >= 15 is 0 Å². The largest absolute Gasteiger partial charge is 0.456 e. The molecule has 1 aliphatic rings. The zero-order valence-electron chi connectivity index (χ0n) is 14.3. The number of aryl methyl sites for hydroxylation is 4. The van der Waals surface area contributed by atoms with E-state index in [0.717, 1.165) is 28.3 Å². The molecule has 0 spiro atoms. The summed E-state index contributed by atoms with van der Waals surface area (Å²) in [6, 6.07) is 1.68. The number of ether oxygens (including phenoxy) is 1. The molecule has 0 saturated carbocycles. The number of nitrogens with zero attached hydrogens (tertiary/aromatic N) is 3. The molecule has 0 bridgehead atoms. The van der Waals surface area contributed by atoms with Crippen molar-refractivity contribution in [3.63, 3.8) is 0 Å². The van der Waals surface area contributed by atoms with Crippen molar-refractivity contribution < 1.29 is 13.9 Å². The van der Waals surface area contributed by atoms with Gasteiger partial charge in [-0.25, -0.2) is 0 Å². The lowest BCUT2D eigenvalue weighted by molar-refractivity contribution is -0.00465. The fourth-order valence-electron chi connectivity index (χ4n) is 3.18. The van der Waals surface area contributed by atoms with Crippen LogP contribution >= 0.6 is 0 Å². The normalized spacial score (nSPS) is 18.5. The van der Waals surface area contributed by atoms with E-state index in [1.807, 2.05) is 50.4 Å². The third kappa shape index (κ3) is 2.67. The van der Waals surface area contributed by atoms with Crippen molar-refractivity contribution in [2.75, 3.05) is 19.8 Å². The zero-order valence-corrected chi connectivity index (χ0v) is 14.3. The third-order valence-electron chi connectivity index (χ3n) is 4.66. The van der Waals surface area contributed by atoms with Crippen molar-refractivity contribution in [2.45, 2.75) is 33.7 Å². The molecular weight excluding hydrogens is 294 g/mol. The van der Waals surface area contributed by atoms with Crippen molar-refractivity contribution in [3.8, 4) is 0 Å². The standard InChI is InChI=1S/C17H23N3O3/c1-10-8-15(23-13(10)4)17(21)20-6-7-22-9-14(20)16-11(2)18-19(5)12(16)3/h8,14H,6-7,9H2,1-5H3. The highest BCUT2D eigenvalue weighted by Crippen LogP contribution is 2.31. The Morgan fingerprint density at radius 3 is 2.61 bits per heavy atom. The molecule has 2 aromatic rings. The lowest BCUT2D eigenvalue weighted by Crippen LogP contribution is -2.43. The van der Waals surface area contributed by atoms with Crippen molar-refractivity contribution in [3.05, 3.63) is 40.1 Å². The van der Waals surface area contributed by atoms with Crippen molar-refractivity contribution >= 4 is 5.91 Å². The Hall–Kier alpha value is -2.08. The molecule has 0 aromatic carbocycles. The SMILES string of the molecule is Cc1cc(C(=O)N2CCOCC2c2c(C)nn(C)c2C)oc1C. The molecule has 2 aromatic heterocycles. The monoisotopic (exact) mass is 317 g/mol. The van der Waals surface area contributed by atoms with Gasteiger partial charge in [-0.1, -0.05) is 0 Å². The number of amides is 1. The molecule has 23 heavy (non-hydrogen) atoms. The minimum absolute atomic E-state index is 0.0860. The van der Waals surface area contributed by atoms with Crippen LogP contribution in [0.2, 0.25) is 0 Å². The number of carbonyl (C=O) groups excluding carboxylic acids is 1. The fourth-order valence-corrected chi connectivity index (χ4v) is 3.18. The molecule has 0 aliphatic carbocycles. The summed E-state index contributed by atoms with van der Waals surface area (Å²) >= 11 is 0. The molecule has 1 aliphatic heterocycles. The van der Waals surface area contributed by atoms with Crippen molar-refractivity contribution in [2.24, 2.45) is 7.05 Å². The predicted molar refractivity (Wildman–Crippen MR) is 85.5 cm³/mol. The summed E-state index contributed by atoms with van der Waals surface area (Å²) in [6.07, 6.45) is 0. The summed E-state index contributed by atoms with van der Waals surface area (Å²) in [5, 5.41) is 4.47. The highest BCUT2D eigenvalue weighted by Gasteiger charge is 2.34. The van der Waals surface area contributed by atoms with Gasteiger partial charge in [0.1, 0.15) is 5.76 Å². The maximum absolute atomic E-state index is 12.9. The second kappa shape index (κ2) is 5.85. The first kappa shape index (κ1) is 15.8. The van der Waals surface area contributed by atoms with E-state index in [4.69, 9.17) is 9.15 Å². The Morgan fingerprint density at radius 2 is 2.04 bits per heavy atom. The van der Waals surface area contributed by atoms with Crippen LogP contribution in [-0.2, 0) is 11.8 Å². The number of hydrogen-bond acceptors (Lipinski definition) is 4. The van der Waals surface area contributed by atoms with Gasteiger partial charge < -0.3 is 14.1 Å². The van der Waals surface area contributed by atoms with E-state index in [1.165, 1.54) is 0 Å². The Bertz CT molecular complexity index is 725. The van der Waals surface area contributed by atoms with Crippen molar-refractivity contribution in [1.82, 2.24) is 14.7 Å². The Balaban J connectivity index is 1.97. The molecule has 0 N–H and O–H groups in total. The molecule has 1 fully saturated rings. The van der Waals surface area contributed by atoms with E-state index in [9.17, 15) is 4.79 Å². The van der Waals surface area contributed by atoms with Crippen LogP contribution < -0.4 is 0 Å². The molecule has 1 saturated heterocycles. The molecule has 6 heteroatoms. The van der Waals surface area contributed by atoms with Gasteiger partial charge in [0.25, 0.3) is 5.91 Å². The average Bonchev–Trinajstić information content (AvgIpc) is 2.98. The number of carbonyl (C=O) groups is 1. The molecule has 124 valence electrons. The maximum atomic E-state index is 12.9. The van der Waals surface area contributed by atoms with Gasteiger partial charge in [-0.05, 0) is 39.3 Å². The second-order valence-electron chi connectivity index (χ2n) is 6.15. The quantitative estimate of drug-likeness (QED) is 0.853. The third-order valence-corrected chi connectivity index (χ3v) is 4.66. The van der Waals surface area contributed by atoms with Crippen LogP contribution in [0.3, 0.4) is 0 Å². The van der Waals surface area contributed by atoms with Crippen LogP contribution in [0, 0.1) is 27.7 Å². The van der Waals surface area contributed by atoms with Crippen LogP contribution in [0.1, 0.15) is 44.9 Å². The molecule has 1 unspecified atom stereocenters. The predicted octanol–water partition coefficient (Wildman–Crippen LogP) is 2.46. The molecule has 1 amide bonds. The summed E-state index contributed by atoms with van der Waals surface area (Å²) in [4.78, 5) is 14.8. The maximum Gasteiger partial charge on any atom is 0.290 e. The lowest BCUT2D eigenvalue weighted by Gasteiger charge is -2.35. The lowest BCUT2D eigenvalue weighted by atomic mass is 10.0. The number of aromatic nitrogens is 2. The summed E-state index contributed by atoms with van der Waals surface area (Å²) in [6.45, 7) is 9.39. The van der Waals surface area contributed by atoms with Crippen molar-refractivity contribution in [1.29, 1.82) is 0 Å². The highest BCUT2D eigenvalue weighted by atomic mass is 16.5. The highest BCUT2D eigenvalue weighted by molar-refractivity contribution is 5.92. The fraction of sp³-hybridized carbons (Fsp3) is 0.529. The summed E-state index contributed by atoms with van der Waals surface area (Å²) in [5.74, 6) is 1.09. The van der Waals surface area contributed by atoms with Gasteiger partial charge in [0.2, 0.25) is 0 Å². The average molecular weight is 317 g/mol. The number of furan rings is 1. The minimum atomic E-state index is -0.129. The van der Waals surface area contributed by atoms with Crippen LogP contribution in [0.4, 0.5) is 0 Å². The van der Waals surface area contributed by atoms with Gasteiger partial charge in [-0.15, -0.1) is 0 Å². The van der Waals surface area contributed by atoms with Crippen LogP contribution in [0.25, 0.3) is 0 Å². The summed E-state index contributed by atoms with van der Waals surface area (Å²) < 4.78 is 13.1. The second-order valence-corrected chi connectivity index (χ2v) is 6.15. The molecule has 1 atom stereocenters. The first-order chi connectivity index (χ1) is 10.9. The van der Waals surface area contributed by atoms with Crippen LogP contribution in [0.5, 0.6) is 0 Å². The smallest absolute Gasteiger partial charge is 0.290 e. The Morgan fingerprint density at radius 1 is 1.30 bits per heavy atom. The van der Waals surface area contributed by atoms with Gasteiger partial charge >= 0.3 is 0 Å². The number of morpholine rings is 1. The molecule has 0 radical (unpaired) electrons. The summed E-state index contributed by atoms with van der Waals surface area (Å²) in [5.41, 5.74) is 4.06. The number of hydrogen-bond donors (Lipinski definition) is 0. The van der Waals surface area contributed by atoms with E-state index < -0.39 is 0 Å². The van der Waals surface area contributed by atoms with E-state index in [-0.39, 0.29) is 11.9 Å². The van der Waals surface area contributed by atoms with E-state index in [2.05, 4.69) is 5.10 Å². The zero-order chi connectivity index (χ0) is 16.7. The van der Waals surface area contributed by atoms with Gasteiger partial charge in [0, 0.05) is 24.8 Å². The topological polar surface area (TPSA) is 60.5 Å². The van der Waals surface area contributed by atoms with E-state index in [0.29, 0.717) is 25.5 Å². The van der Waals surface area contributed by atoms with Gasteiger partial charge in [0.05, 0.1) is 24.9 Å². The van der Waals surface area contributed by atoms with Gasteiger partial charge in [-0.3, -0.25) is 9.48 Å². The van der Waals surface area contributed by atoms with Crippen LogP contribution in [-0.4, -0.2) is 40.3 Å². The Kier molecular flexibility index (Phi) is 4.02. The molecule has 3 rings (SSSR count). The molecule has 3 heterocycles. The van der Waals surface area contributed by atoms with Crippen LogP contribution in [0.15, 0.2) is 10.5 Å². The number of rotatable bonds is 2. The first-order valence-electron chi connectivity index (χ1n) is 7.86. The molecular formula is C17H23N3O3. The van der Waals surface area contributed by atoms with Gasteiger partial charge in [-0.2, -0.15) is 5.10 Å².